The number of thiophene rings is 1. The smallest absolute Gasteiger partial charge is 0.433 e. The van der Waals surface area contributed by atoms with Crippen LogP contribution in [0.4, 0.5) is 13.2 Å². The van der Waals surface area contributed by atoms with Crippen molar-refractivity contribution in [1.82, 2.24) is 10.3 Å². The van der Waals surface area contributed by atoms with E-state index in [0.29, 0.717) is 22.3 Å². The van der Waals surface area contributed by atoms with Crippen molar-refractivity contribution < 1.29 is 32.2 Å². The van der Waals surface area contributed by atoms with Crippen molar-refractivity contribution in [3.05, 3.63) is 58.1 Å². The van der Waals surface area contributed by atoms with Crippen LogP contribution in [0.15, 0.2) is 36.4 Å². The molecule has 2 heterocycles. The van der Waals surface area contributed by atoms with Crippen LogP contribution in [0.25, 0.3) is 10.2 Å². The zero-order chi connectivity index (χ0) is 23.5. The van der Waals surface area contributed by atoms with Gasteiger partial charge in [0, 0.05) is 5.39 Å². The molecule has 3 aromatic rings. The molecule has 1 unspecified atom stereocenters. The van der Waals surface area contributed by atoms with Gasteiger partial charge in [-0.1, -0.05) is 12.1 Å². The van der Waals surface area contributed by atoms with Crippen molar-refractivity contribution in [2.24, 2.45) is 0 Å². The van der Waals surface area contributed by atoms with Gasteiger partial charge in [0.15, 0.2) is 0 Å². The van der Waals surface area contributed by atoms with Crippen LogP contribution in [0.1, 0.15) is 45.9 Å². The molecular formula is C22H21F3N2O4S. The van der Waals surface area contributed by atoms with E-state index in [1.807, 2.05) is 0 Å². The molecule has 0 aliphatic carbocycles. The van der Waals surface area contributed by atoms with E-state index in [1.165, 1.54) is 13.2 Å². The quantitative estimate of drug-likeness (QED) is 0.493. The molecule has 0 aliphatic rings. The Kier molecular flexibility index (Phi) is 7.02. The van der Waals surface area contributed by atoms with Gasteiger partial charge in [-0.3, -0.25) is 9.59 Å². The predicted octanol–water partition coefficient (Wildman–Crippen LogP) is 5.06. The number of esters is 1. The maximum atomic E-state index is 13.1. The van der Waals surface area contributed by atoms with E-state index in [4.69, 9.17) is 9.47 Å². The average molecular weight is 466 g/mol. The number of hydrogen-bond acceptors (Lipinski definition) is 6. The summed E-state index contributed by atoms with van der Waals surface area (Å²) in [4.78, 5) is 29.2. The third-order valence-corrected chi connectivity index (χ3v) is 5.98. The van der Waals surface area contributed by atoms with E-state index in [-0.39, 0.29) is 22.7 Å². The summed E-state index contributed by atoms with van der Waals surface area (Å²) >= 11 is 0.872. The van der Waals surface area contributed by atoms with Crippen LogP contribution in [0, 0.1) is 6.92 Å². The Hall–Kier alpha value is -3.14. The molecule has 1 aromatic carbocycles. The minimum atomic E-state index is -4.58. The molecule has 0 radical (unpaired) electrons. The number of amides is 1. The van der Waals surface area contributed by atoms with Crippen LogP contribution in [0.3, 0.4) is 0 Å². The highest BCUT2D eigenvalue weighted by molar-refractivity contribution is 7.20. The molecule has 1 N–H and O–H groups in total. The van der Waals surface area contributed by atoms with Gasteiger partial charge in [0.1, 0.15) is 16.3 Å². The summed E-state index contributed by atoms with van der Waals surface area (Å²) in [5.41, 5.74) is 0.126. The second-order valence-electron chi connectivity index (χ2n) is 6.91. The lowest BCUT2D eigenvalue weighted by Gasteiger charge is -2.19. The van der Waals surface area contributed by atoms with Gasteiger partial charge in [-0.05, 0) is 49.2 Å². The van der Waals surface area contributed by atoms with Gasteiger partial charge in [0.05, 0.1) is 31.1 Å². The number of ether oxygens (including phenoxy) is 2. The van der Waals surface area contributed by atoms with Crippen molar-refractivity contribution in [1.29, 1.82) is 0 Å². The molecule has 2 aromatic heterocycles. The number of alkyl halides is 3. The molecule has 0 spiro atoms. The Morgan fingerprint density at radius 1 is 1.22 bits per heavy atom. The maximum Gasteiger partial charge on any atom is 0.433 e. The van der Waals surface area contributed by atoms with Crippen LogP contribution in [-0.4, -0.2) is 30.6 Å². The Bertz CT molecular complexity index is 1140. The molecule has 32 heavy (non-hydrogen) atoms. The largest absolute Gasteiger partial charge is 0.497 e. The van der Waals surface area contributed by atoms with E-state index in [0.717, 1.165) is 17.4 Å². The lowest BCUT2D eigenvalue weighted by Crippen LogP contribution is -2.30. The monoisotopic (exact) mass is 466 g/mol. The van der Waals surface area contributed by atoms with Crippen molar-refractivity contribution >= 4 is 33.4 Å². The number of hydrogen-bond donors (Lipinski definition) is 1. The normalized spacial score (nSPS) is 12.4. The summed E-state index contributed by atoms with van der Waals surface area (Å²) in [5.74, 6) is -0.464. The number of nitrogens with zero attached hydrogens (tertiary/aromatic N) is 1. The van der Waals surface area contributed by atoms with Crippen LogP contribution in [0.5, 0.6) is 5.75 Å². The SMILES string of the molecule is CCOC(=O)CC(NC(=O)c1sc2nc(C(F)(F)F)ccc2c1C)c1cccc(OC)c1. The van der Waals surface area contributed by atoms with Crippen LogP contribution in [0.2, 0.25) is 0 Å². The first-order valence-corrected chi connectivity index (χ1v) is 10.5. The van der Waals surface area contributed by atoms with Crippen molar-refractivity contribution in [2.75, 3.05) is 13.7 Å². The number of carbonyl (C=O) groups is 2. The van der Waals surface area contributed by atoms with Gasteiger partial charge in [0.25, 0.3) is 5.91 Å². The van der Waals surface area contributed by atoms with E-state index >= 15 is 0 Å². The van der Waals surface area contributed by atoms with Crippen LogP contribution >= 0.6 is 11.3 Å². The molecule has 10 heteroatoms. The minimum Gasteiger partial charge on any atom is -0.497 e. The molecule has 1 amide bonds. The van der Waals surface area contributed by atoms with Gasteiger partial charge in [-0.15, -0.1) is 11.3 Å². The summed E-state index contributed by atoms with van der Waals surface area (Å²) in [6, 6.07) is 8.37. The number of benzene rings is 1. The highest BCUT2D eigenvalue weighted by Gasteiger charge is 2.33. The number of pyridine rings is 1. The second kappa shape index (κ2) is 9.56. The molecule has 0 bridgehead atoms. The second-order valence-corrected chi connectivity index (χ2v) is 7.91. The standard InChI is InChI=1S/C22H21F3N2O4S/c1-4-31-18(28)11-16(13-6-5-7-14(10-13)30-3)26-20(29)19-12(2)15-8-9-17(22(23,24)25)27-21(15)32-19/h5-10,16H,4,11H2,1-3H3,(H,26,29). The van der Waals surface area contributed by atoms with Gasteiger partial charge < -0.3 is 14.8 Å². The van der Waals surface area contributed by atoms with Crippen molar-refractivity contribution in [3.63, 3.8) is 0 Å². The lowest BCUT2D eigenvalue weighted by atomic mass is 10.0. The summed E-state index contributed by atoms with van der Waals surface area (Å²) in [6.45, 7) is 3.52. The molecule has 0 aliphatic heterocycles. The number of halogens is 3. The summed E-state index contributed by atoms with van der Waals surface area (Å²) in [6.07, 6.45) is -4.70. The molecule has 3 rings (SSSR count). The van der Waals surface area contributed by atoms with E-state index in [9.17, 15) is 22.8 Å². The van der Waals surface area contributed by atoms with Crippen LogP contribution in [-0.2, 0) is 15.7 Å². The highest BCUT2D eigenvalue weighted by atomic mass is 32.1. The zero-order valence-corrected chi connectivity index (χ0v) is 18.4. The molecule has 6 nitrogen and oxygen atoms in total. The Morgan fingerprint density at radius 3 is 2.62 bits per heavy atom. The number of nitrogens with one attached hydrogen (secondary N) is 1. The van der Waals surface area contributed by atoms with Crippen molar-refractivity contribution in [2.45, 2.75) is 32.5 Å². The maximum absolute atomic E-state index is 13.1. The third-order valence-electron chi connectivity index (χ3n) is 4.78. The van der Waals surface area contributed by atoms with E-state index < -0.39 is 29.8 Å². The fourth-order valence-electron chi connectivity index (χ4n) is 3.19. The Morgan fingerprint density at radius 2 is 1.97 bits per heavy atom. The van der Waals surface area contributed by atoms with Gasteiger partial charge in [0.2, 0.25) is 0 Å². The van der Waals surface area contributed by atoms with Crippen molar-refractivity contribution in [3.8, 4) is 5.75 Å². The third kappa shape index (κ3) is 5.18. The number of aromatic nitrogens is 1. The molecule has 0 saturated heterocycles. The summed E-state index contributed by atoms with van der Waals surface area (Å²) in [7, 11) is 1.50. The molecular weight excluding hydrogens is 445 g/mol. The van der Waals surface area contributed by atoms with E-state index in [2.05, 4.69) is 10.3 Å². The average Bonchev–Trinajstić information content (AvgIpc) is 3.09. The summed E-state index contributed by atoms with van der Waals surface area (Å²) < 4.78 is 49.2. The molecule has 0 fully saturated rings. The topological polar surface area (TPSA) is 77.5 Å². The van der Waals surface area contributed by atoms with E-state index in [1.54, 1.807) is 38.1 Å². The molecule has 170 valence electrons. The summed E-state index contributed by atoms with van der Waals surface area (Å²) in [5, 5.41) is 3.27. The number of fused-ring (bicyclic) bond motifs is 1. The Balaban J connectivity index is 1.93. The van der Waals surface area contributed by atoms with Gasteiger partial charge >= 0.3 is 12.1 Å². The Labute approximate surface area is 186 Å². The first-order chi connectivity index (χ1) is 15.1. The number of methoxy groups -OCH3 is 1. The fourth-order valence-corrected chi connectivity index (χ4v) is 4.28. The first kappa shape index (κ1) is 23.5. The lowest BCUT2D eigenvalue weighted by molar-refractivity contribution is -0.143. The first-order valence-electron chi connectivity index (χ1n) is 9.71. The molecule has 0 saturated carbocycles. The predicted molar refractivity (Wildman–Crippen MR) is 114 cm³/mol. The molecule has 1 atom stereocenters. The minimum absolute atomic E-state index is 0.116. The number of aryl methyl sites for hydroxylation is 1. The number of carbonyl (C=O) groups excluding carboxylic acids is 2. The van der Waals surface area contributed by atoms with Gasteiger partial charge in [-0.2, -0.15) is 13.2 Å². The highest BCUT2D eigenvalue weighted by Crippen LogP contribution is 2.34. The number of rotatable bonds is 7. The fraction of sp³-hybridized carbons (Fsp3) is 0.318. The zero-order valence-electron chi connectivity index (χ0n) is 17.6. The van der Waals surface area contributed by atoms with Gasteiger partial charge in [-0.25, -0.2) is 4.98 Å². The van der Waals surface area contributed by atoms with Crippen LogP contribution < -0.4 is 10.1 Å².